The van der Waals surface area contributed by atoms with Crippen molar-refractivity contribution < 1.29 is 9.90 Å². The Kier molecular flexibility index (Phi) is 5.15. The van der Waals surface area contributed by atoms with Gasteiger partial charge < -0.3 is 10.4 Å². The van der Waals surface area contributed by atoms with Gasteiger partial charge in [-0.15, -0.1) is 11.3 Å². The Balaban J connectivity index is 1.53. The maximum absolute atomic E-state index is 12.2. The number of nitrogens with one attached hydrogen (secondary N) is 1. The summed E-state index contributed by atoms with van der Waals surface area (Å²) in [6.07, 6.45) is 1.88. The number of hydrogen-bond acceptors (Lipinski definition) is 5. The van der Waals surface area contributed by atoms with E-state index in [0.29, 0.717) is 15.8 Å². The molecule has 1 saturated heterocycles. The number of hydrogen-bond donors (Lipinski definition) is 2. The number of aliphatic imine (C=N–C) groups is 1. The first kappa shape index (κ1) is 18.0. The Bertz CT molecular complexity index is 1050. The molecule has 0 radical (unpaired) electrons. The second-order valence-corrected chi connectivity index (χ2v) is 8.77. The fourth-order valence-corrected chi connectivity index (χ4v) is 4.58. The summed E-state index contributed by atoms with van der Waals surface area (Å²) >= 11 is 6.39. The van der Waals surface area contributed by atoms with Crippen molar-refractivity contribution in [3.8, 4) is 16.2 Å². The highest BCUT2D eigenvalue weighted by atomic mass is 79.9. The summed E-state index contributed by atoms with van der Waals surface area (Å²) in [6.45, 7) is 0. The Morgan fingerprint density at radius 1 is 1.00 bits per heavy atom. The van der Waals surface area contributed by atoms with Gasteiger partial charge in [0.05, 0.1) is 10.6 Å². The molecule has 27 heavy (non-hydrogen) atoms. The average Bonchev–Trinajstić information content (AvgIpc) is 3.25. The van der Waals surface area contributed by atoms with Crippen LogP contribution < -0.4 is 5.32 Å². The monoisotopic (exact) mass is 456 g/mol. The molecule has 7 heteroatoms. The van der Waals surface area contributed by atoms with Crippen molar-refractivity contribution in [2.45, 2.75) is 0 Å². The number of benzene rings is 2. The van der Waals surface area contributed by atoms with E-state index in [-0.39, 0.29) is 11.7 Å². The van der Waals surface area contributed by atoms with Gasteiger partial charge in [0, 0.05) is 14.2 Å². The molecular weight excluding hydrogens is 444 g/mol. The molecule has 0 unspecified atom stereocenters. The summed E-state index contributed by atoms with van der Waals surface area (Å²) in [6, 6.07) is 18.7. The highest BCUT2D eigenvalue weighted by Crippen LogP contribution is 2.33. The van der Waals surface area contributed by atoms with Gasteiger partial charge in [-0.2, -0.15) is 0 Å². The van der Waals surface area contributed by atoms with E-state index in [4.69, 9.17) is 0 Å². The van der Waals surface area contributed by atoms with Crippen LogP contribution in [0.1, 0.15) is 4.88 Å². The van der Waals surface area contributed by atoms with Crippen LogP contribution in [0.15, 0.2) is 75.0 Å². The molecule has 1 aliphatic heterocycles. The molecule has 2 N–H and O–H groups in total. The number of carbonyl (C=O) groups excluding carboxylic acids is 1. The molecule has 0 atom stereocenters. The number of halogens is 1. The van der Waals surface area contributed by atoms with Crippen molar-refractivity contribution in [1.82, 2.24) is 5.32 Å². The normalized spacial score (nSPS) is 16.9. The molecule has 2 heterocycles. The summed E-state index contributed by atoms with van der Waals surface area (Å²) in [5, 5.41) is 12.6. The fourth-order valence-electron chi connectivity index (χ4n) is 2.45. The van der Waals surface area contributed by atoms with Crippen LogP contribution in [-0.4, -0.2) is 16.2 Å². The lowest BCUT2D eigenvalue weighted by Crippen LogP contribution is -2.19. The number of thiophene rings is 1. The van der Waals surface area contributed by atoms with Gasteiger partial charge in [-0.05, 0) is 71.9 Å². The van der Waals surface area contributed by atoms with Gasteiger partial charge in [-0.1, -0.05) is 28.1 Å². The lowest BCUT2D eigenvalue weighted by molar-refractivity contribution is -0.115. The lowest BCUT2D eigenvalue weighted by atomic mass is 10.2. The summed E-state index contributed by atoms with van der Waals surface area (Å²) in [4.78, 5) is 19.4. The molecule has 4 rings (SSSR count). The highest BCUT2D eigenvalue weighted by Gasteiger charge is 2.24. The van der Waals surface area contributed by atoms with E-state index in [1.54, 1.807) is 35.6 Å². The van der Waals surface area contributed by atoms with Gasteiger partial charge in [0.1, 0.15) is 5.75 Å². The van der Waals surface area contributed by atoms with E-state index in [2.05, 4.69) is 44.4 Å². The van der Waals surface area contributed by atoms with Crippen LogP contribution in [0.3, 0.4) is 0 Å². The molecule has 134 valence electrons. The molecule has 1 amide bonds. The van der Waals surface area contributed by atoms with Crippen molar-refractivity contribution in [2.75, 3.05) is 0 Å². The number of phenolic OH excluding ortho intramolecular Hbond substituents is 1. The largest absolute Gasteiger partial charge is 0.508 e. The molecule has 1 fully saturated rings. The highest BCUT2D eigenvalue weighted by molar-refractivity contribution is 9.10. The Labute approximate surface area is 172 Å². The average molecular weight is 457 g/mol. The third-order valence-electron chi connectivity index (χ3n) is 3.76. The Morgan fingerprint density at radius 3 is 2.48 bits per heavy atom. The zero-order valence-electron chi connectivity index (χ0n) is 13.8. The van der Waals surface area contributed by atoms with Gasteiger partial charge in [-0.3, -0.25) is 4.79 Å². The topological polar surface area (TPSA) is 61.7 Å². The van der Waals surface area contributed by atoms with Crippen LogP contribution in [0, 0.1) is 0 Å². The third kappa shape index (κ3) is 4.32. The summed E-state index contributed by atoms with van der Waals surface area (Å²) < 4.78 is 1.05. The van der Waals surface area contributed by atoms with Crippen LogP contribution in [0.2, 0.25) is 0 Å². The quantitative estimate of drug-likeness (QED) is 0.491. The minimum absolute atomic E-state index is 0.156. The first-order valence-electron chi connectivity index (χ1n) is 8.01. The summed E-state index contributed by atoms with van der Waals surface area (Å²) in [5.41, 5.74) is 1.82. The molecule has 2 aromatic carbocycles. The van der Waals surface area contributed by atoms with E-state index < -0.39 is 0 Å². The van der Waals surface area contributed by atoms with Gasteiger partial charge in [0.25, 0.3) is 5.91 Å². The van der Waals surface area contributed by atoms with E-state index in [1.807, 2.05) is 24.3 Å². The third-order valence-corrected chi connectivity index (χ3v) is 6.28. The van der Waals surface area contributed by atoms with Crippen LogP contribution in [0.25, 0.3) is 16.5 Å². The molecule has 4 nitrogen and oxygen atoms in total. The SMILES string of the molecule is O=C1NC(=Nc2ccc(O)cc2)SC1=Cc1ccc(-c2ccc(Br)cc2)s1. The first-order chi connectivity index (χ1) is 13.1. The Hall–Kier alpha value is -2.35. The minimum Gasteiger partial charge on any atom is -0.508 e. The number of thioether (sulfide) groups is 1. The zero-order valence-corrected chi connectivity index (χ0v) is 17.1. The number of phenols is 1. The maximum atomic E-state index is 12.2. The number of amides is 1. The standard InChI is InChI=1S/C20H13BrN2O2S2/c21-13-3-1-12(2-4-13)17-10-9-16(26-17)11-18-19(25)23-20(27-18)22-14-5-7-15(24)8-6-14/h1-11,24H,(H,22,23,25). The maximum Gasteiger partial charge on any atom is 0.264 e. The van der Waals surface area contributed by atoms with Crippen molar-refractivity contribution in [1.29, 1.82) is 0 Å². The first-order valence-corrected chi connectivity index (χ1v) is 10.4. The van der Waals surface area contributed by atoms with Gasteiger partial charge in [-0.25, -0.2) is 4.99 Å². The molecule has 3 aromatic rings. The number of carbonyl (C=O) groups is 1. The van der Waals surface area contributed by atoms with Crippen LogP contribution in [0.5, 0.6) is 5.75 Å². The van der Waals surface area contributed by atoms with E-state index in [0.717, 1.165) is 19.8 Å². The van der Waals surface area contributed by atoms with Gasteiger partial charge in [0.2, 0.25) is 0 Å². The van der Waals surface area contributed by atoms with Crippen molar-refractivity contribution in [3.05, 3.63) is 74.9 Å². The van der Waals surface area contributed by atoms with Crippen LogP contribution in [-0.2, 0) is 4.79 Å². The van der Waals surface area contributed by atoms with Crippen LogP contribution >= 0.6 is 39.0 Å². The fraction of sp³-hybridized carbons (Fsp3) is 0. The molecule has 0 spiro atoms. The van der Waals surface area contributed by atoms with Gasteiger partial charge >= 0.3 is 0 Å². The molecule has 0 aliphatic carbocycles. The van der Waals surface area contributed by atoms with Crippen molar-refractivity contribution >= 4 is 61.9 Å². The van der Waals surface area contributed by atoms with E-state index in [9.17, 15) is 9.90 Å². The second-order valence-electron chi connectivity index (χ2n) is 5.71. The van der Waals surface area contributed by atoms with E-state index in [1.165, 1.54) is 11.8 Å². The second kappa shape index (κ2) is 7.72. The summed E-state index contributed by atoms with van der Waals surface area (Å²) in [7, 11) is 0. The predicted octanol–water partition coefficient (Wildman–Crippen LogP) is 5.77. The minimum atomic E-state index is -0.156. The smallest absolute Gasteiger partial charge is 0.264 e. The zero-order chi connectivity index (χ0) is 18.8. The number of aromatic hydroxyl groups is 1. The van der Waals surface area contributed by atoms with E-state index >= 15 is 0 Å². The van der Waals surface area contributed by atoms with Gasteiger partial charge in [0.15, 0.2) is 5.17 Å². The molecular formula is C20H13BrN2O2S2. The van der Waals surface area contributed by atoms with Crippen LogP contribution in [0.4, 0.5) is 5.69 Å². The molecule has 1 aliphatic rings. The molecule has 0 bridgehead atoms. The predicted molar refractivity (Wildman–Crippen MR) is 116 cm³/mol. The number of rotatable bonds is 3. The molecule has 0 saturated carbocycles. The summed E-state index contributed by atoms with van der Waals surface area (Å²) in [5.74, 6) is 0.0260. The number of amidine groups is 1. The van der Waals surface area contributed by atoms with Crippen molar-refractivity contribution in [2.24, 2.45) is 4.99 Å². The van der Waals surface area contributed by atoms with Crippen molar-refractivity contribution in [3.63, 3.8) is 0 Å². The molecule has 1 aromatic heterocycles. The number of nitrogens with zero attached hydrogens (tertiary/aromatic N) is 1. The lowest BCUT2D eigenvalue weighted by Gasteiger charge is -1.96. The Morgan fingerprint density at radius 2 is 1.74 bits per heavy atom.